The zero-order valence-electron chi connectivity index (χ0n) is 12.3. The Morgan fingerprint density at radius 3 is 2.16 bits per heavy atom. The number of hydrogen-bond donors (Lipinski definition) is 2. The Morgan fingerprint density at radius 2 is 1.63 bits per heavy atom. The number of nitrogens with one attached hydrogen (secondary N) is 1. The van der Waals surface area contributed by atoms with Gasteiger partial charge in [0.15, 0.2) is 0 Å². The van der Waals surface area contributed by atoms with E-state index in [0.717, 1.165) is 51.0 Å². The van der Waals surface area contributed by atoms with Crippen LogP contribution in [0.1, 0.15) is 50.7 Å². The molecule has 0 aromatic heterocycles. The molecule has 1 aliphatic rings. The first kappa shape index (κ1) is 14.4. The normalized spacial score (nSPS) is 23.3. The van der Waals surface area contributed by atoms with E-state index in [4.69, 9.17) is 0 Å². The molecule has 106 valence electrons. The Bertz CT molecular complexity index is 372. The lowest BCUT2D eigenvalue weighted by atomic mass is 9.87. The molecule has 0 heterocycles. The van der Waals surface area contributed by atoms with Gasteiger partial charge in [-0.15, -0.1) is 0 Å². The minimum Gasteiger partial charge on any atom is -0.393 e. The zero-order valence-corrected chi connectivity index (χ0v) is 12.3. The molecule has 1 aromatic rings. The van der Waals surface area contributed by atoms with Crippen LogP contribution in [0.3, 0.4) is 0 Å². The summed E-state index contributed by atoms with van der Waals surface area (Å²) in [6.07, 6.45) is 6.38. The molecule has 0 bridgehead atoms. The van der Waals surface area contributed by atoms with Crippen LogP contribution in [-0.2, 0) is 12.8 Å². The van der Waals surface area contributed by atoms with Crippen LogP contribution in [0.4, 0.5) is 5.69 Å². The van der Waals surface area contributed by atoms with E-state index in [0.29, 0.717) is 0 Å². The van der Waals surface area contributed by atoms with Crippen LogP contribution < -0.4 is 5.32 Å². The highest BCUT2D eigenvalue weighted by atomic mass is 16.3. The van der Waals surface area contributed by atoms with Gasteiger partial charge in [-0.05, 0) is 55.6 Å². The van der Waals surface area contributed by atoms with Crippen LogP contribution in [0.25, 0.3) is 0 Å². The van der Waals surface area contributed by atoms with Crippen LogP contribution in [-0.4, -0.2) is 17.8 Å². The van der Waals surface area contributed by atoms with Crippen LogP contribution in [0.2, 0.25) is 0 Å². The first-order chi connectivity index (χ1) is 9.24. The van der Waals surface area contributed by atoms with Gasteiger partial charge in [0.1, 0.15) is 0 Å². The van der Waals surface area contributed by atoms with Gasteiger partial charge < -0.3 is 10.4 Å². The van der Waals surface area contributed by atoms with Gasteiger partial charge in [0.05, 0.1) is 6.10 Å². The monoisotopic (exact) mass is 261 g/mol. The van der Waals surface area contributed by atoms with Gasteiger partial charge in [0, 0.05) is 12.2 Å². The van der Waals surface area contributed by atoms with Crippen molar-refractivity contribution in [2.24, 2.45) is 5.92 Å². The van der Waals surface area contributed by atoms with Gasteiger partial charge in [-0.3, -0.25) is 0 Å². The van der Waals surface area contributed by atoms with Gasteiger partial charge in [-0.25, -0.2) is 0 Å². The molecule has 1 aliphatic carbocycles. The van der Waals surface area contributed by atoms with Gasteiger partial charge >= 0.3 is 0 Å². The van der Waals surface area contributed by atoms with Crippen molar-refractivity contribution < 1.29 is 5.11 Å². The van der Waals surface area contributed by atoms with Crippen molar-refractivity contribution in [2.75, 3.05) is 11.9 Å². The summed E-state index contributed by atoms with van der Waals surface area (Å²) in [6.45, 7) is 5.49. The summed E-state index contributed by atoms with van der Waals surface area (Å²) in [4.78, 5) is 0. The summed E-state index contributed by atoms with van der Waals surface area (Å²) < 4.78 is 0. The van der Waals surface area contributed by atoms with E-state index in [1.165, 1.54) is 16.8 Å². The molecular weight excluding hydrogens is 234 g/mol. The molecule has 1 fully saturated rings. The molecule has 2 rings (SSSR count). The predicted molar refractivity (Wildman–Crippen MR) is 81.7 cm³/mol. The highest BCUT2D eigenvalue weighted by molar-refractivity contribution is 5.57. The Morgan fingerprint density at radius 1 is 1.05 bits per heavy atom. The third-order valence-electron chi connectivity index (χ3n) is 4.38. The van der Waals surface area contributed by atoms with Crippen molar-refractivity contribution in [1.82, 2.24) is 0 Å². The first-order valence-electron chi connectivity index (χ1n) is 7.77. The van der Waals surface area contributed by atoms with Gasteiger partial charge in [-0.1, -0.05) is 32.0 Å². The van der Waals surface area contributed by atoms with Gasteiger partial charge in [0.2, 0.25) is 0 Å². The molecule has 0 amide bonds. The van der Waals surface area contributed by atoms with Crippen LogP contribution in [0.5, 0.6) is 0 Å². The van der Waals surface area contributed by atoms with Crippen LogP contribution in [0, 0.1) is 5.92 Å². The first-order valence-corrected chi connectivity index (χ1v) is 7.77. The average molecular weight is 261 g/mol. The maximum Gasteiger partial charge on any atom is 0.0540 e. The van der Waals surface area contributed by atoms with Crippen molar-refractivity contribution >= 4 is 5.69 Å². The minimum atomic E-state index is -0.0506. The van der Waals surface area contributed by atoms with E-state index in [1.807, 2.05) is 0 Å². The third kappa shape index (κ3) is 3.73. The van der Waals surface area contributed by atoms with E-state index in [2.05, 4.69) is 37.4 Å². The van der Waals surface area contributed by atoms with Crippen molar-refractivity contribution in [1.29, 1.82) is 0 Å². The number of aliphatic hydroxyl groups is 1. The summed E-state index contributed by atoms with van der Waals surface area (Å²) >= 11 is 0. The quantitative estimate of drug-likeness (QED) is 0.845. The van der Waals surface area contributed by atoms with Crippen molar-refractivity contribution in [3.8, 4) is 0 Å². The Kier molecular flexibility index (Phi) is 5.26. The fourth-order valence-electron chi connectivity index (χ4n) is 3.07. The number of aliphatic hydroxyl groups excluding tert-OH is 1. The van der Waals surface area contributed by atoms with Gasteiger partial charge in [0.25, 0.3) is 0 Å². The standard InChI is InChI=1S/C17H27NO/c1-3-14-6-5-7-15(4-2)17(14)18-12-13-8-10-16(19)11-9-13/h5-7,13,16,18-19H,3-4,8-12H2,1-2H3. The number of benzene rings is 1. The molecule has 1 aromatic carbocycles. The van der Waals surface area contributed by atoms with E-state index in [9.17, 15) is 5.11 Å². The molecular formula is C17H27NO. The van der Waals surface area contributed by atoms with Crippen LogP contribution in [0.15, 0.2) is 18.2 Å². The molecule has 19 heavy (non-hydrogen) atoms. The largest absolute Gasteiger partial charge is 0.393 e. The molecule has 0 unspecified atom stereocenters. The number of rotatable bonds is 5. The minimum absolute atomic E-state index is 0.0506. The molecule has 2 heteroatoms. The maximum atomic E-state index is 9.56. The highest BCUT2D eigenvalue weighted by Gasteiger charge is 2.19. The average Bonchev–Trinajstić information content (AvgIpc) is 2.46. The van der Waals surface area contributed by atoms with Gasteiger partial charge in [-0.2, -0.15) is 0 Å². The Balaban J connectivity index is 1.98. The van der Waals surface area contributed by atoms with E-state index >= 15 is 0 Å². The van der Waals surface area contributed by atoms with E-state index in [-0.39, 0.29) is 6.10 Å². The van der Waals surface area contributed by atoms with Crippen molar-refractivity contribution in [3.63, 3.8) is 0 Å². The van der Waals surface area contributed by atoms with E-state index in [1.54, 1.807) is 0 Å². The molecule has 0 radical (unpaired) electrons. The lowest BCUT2D eigenvalue weighted by Gasteiger charge is -2.26. The Labute approximate surface area is 117 Å². The fourth-order valence-corrected chi connectivity index (χ4v) is 3.07. The summed E-state index contributed by atoms with van der Waals surface area (Å²) in [5.41, 5.74) is 4.21. The molecule has 2 N–H and O–H groups in total. The topological polar surface area (TPSA) is 32.3 Å². The lowest BCUT2D eigenvalue weighted by molar-refractivity contribution is 0.111. The molecule has 1 saturated carbocycles. The maximum absolute atomic E-state index is 9.56. The summed E-state index contributed by atoms with van der Waals surface area (Å²) in [7, 11) is 0. The van der Waals surface area contributed by atoms with E-state index < -0.39 is 0 Å². The highest BCUT2D eigenvalue weighted by Crippen LogP contribution is 2.27. The zero-order chi connectivity index (χ0) is 13.7. The van der Waals surface area contributed by atoms with Crippen molar-refractivity contribution in [3.05, 3.63) is 29.3 Å². The predicted octanol–water partition coefficient (Wildman–Crippen LogP) is 3.77. The molecule has 0 atom stereocenters. The second kappa shape index (κ2) is 6.95. The lowest BCUT2D eigenvalue weighted by Crippen LogP contribution is -2.24. The van der Waals surface area contributed by atoms with Crippen molar-refractivity contribution in [2.45, 2.75) is 58.5 Å². The second-order valence-electron chi connectivity index (χ2n) is 5.71. The molecule has 0 saturated heterocycles. The molecule has 2 nitrogen and oxygen atoms in total. The number of hydrogen-bond acceptors (Lipinski definition) is 2. The molecule has 0 spiro atoms. The smallest absolute Gasteiger partial charge is 0.0540 e. The van der Waals surface area contributed by atoms with Crippen LogP contribution >= 0.6 is 0 Å². The third-order valence-corrected chi connectivity index (χ3v) is 4.38. The Hall–Kier alpha value is -1.02. The SMILES string of the molecule is CCc1cccc(CC)c1NCC1CCC(O)CC1. The second-order valence-corrected chi connectivity index (χ2v) is 5.71. The molecule has 0 aliphatic heterocycles. The number of para-hydroxylation sites is 1. The number of anilines is 1. The summed E-state index contributed by atoms with van der Waals surface area (Å²) in [6, 6.07) is 6.62. The fraction of sp³-hybridized carbons (Fsp3) is 0.647. The summed E-state index contributed by atoms with van der Waals surface area (Å²) in [5.74, 6) is 0.720. The number of aryl methyl sites for hydroxylation is 2. The summed E-state index contributed by atoms with van der Waals surface area (Å²) in [5, 5.41) is 13.2.